The molecule has 0 saturated heterocycles. The summed E-state index contributed by atoms with van der Waals surface area (Å²) >= 11 is 5.86. The standard InChI is InChI=1S/C16H20ClNO3/c1-9(10-5-7-11(17)8-6-10)18(4)14(19)12-13(15(20)21)16(12,2)3/h5-9,12-13H,1-4H3,(H,20,21)/t9?,12-,13+/m1/s1. The second-order valence-corrected chi connectivity index (χ2v) is 6.73. The smallest absolute Gasteiger partial charge is 0.307 e. The Balaban J connectivity index is 2.13. The van der Waals surface area contributed by atoms with Crippen molar-refractivity contribution in [2.75, 3.05) is 7.05 Å². The molecule has 0 radical (unpaired) electrons. The van der Waals surface area contributed by atoms with Gasteiger partial charge in [0.1, 0.15) is 0 Å². The summed E-state index contributed by atoms with van der Waals surface area (Å²) in [6, 6.07) is 7.20. The molecule has 1 saturated carbocycles. The van der Waals surface area contributed by atoms with Crippen LogP contribution >= 0.6 is 11.6 Å². The Morgan fingerprint density at radius 1 is 1.24 bits per heavy atom. The third kappa shape index (κ3) is 2.77. The van der Waals surface area contributed by atoms with Gasteiger partial charge in [0.15, 0.2) is 0 Å². The number of amides is 1. The van der Waals surface area contributed by atoms with E-state index in [-0.39, 0.29) is 11.9 Å². The van der Waals surface area contributed by atoms with E-state index in [1.165, 1.54) is 0 Å². The third-order valence-electron chi connectivity index (χ3n) is 4.64. The average Bonchev–Trinajstić information content (AvgIpc) is 3.00. The molecule has 0 aromatic heterocycles. The van der Waals surface area contributed by atoms with Crippen molar-refractivity contribution in [1.29, 1.82) is 0 Å². The fraction of sp³-hybridized carbons (Fsp3) is 0.500. The highest BCUT2D eigenvalue weighted by Crippen LogP contribution is 2.59. The van der Waals surface area contributed by atoms with E-state index in [1.54, 1.807) is 24.1 Å². The average molecular weight is 310 g/mol. The van der Waals surface area contributed by atoms with Crippen LogP contribution in [0.5, 0.6) is 0 Å². The van der Waals surface area contributed by atoms with E-state index >= 15 is 0 Å². The second kappa shape index (κ2) is 5.34. The molecule has 0 aliphatic heterocycles. The van der Waals surface area contributed by atoms with Gasteiger partial charge < -0.3 is 10.0 Å². The number of carboxylic acid groups (broad SMARTS) is 1. The first-order valence-corrected chi connectivity index (χ1v) is 7.30. The summed E-state index contributed by atoms with van der Waals surface area (Å²) in [5.41, 5.74) is 0.497. The van der Waals surface area contributed by atoms with Crippen LogP contribution in [0, 0.1) is 17.3 Å². The molecule has 1 aromatic rings. The predicted molar refractivity (Wildman–Crippen MR) is 81.0 cm³/mol. The van der Waals surface area contributed by atoms with Crippen LogP contribution in [-0.2, 0) is 9.59 Å². The zero-order chi connectivity index (χ0) is 15.9. The van der Waals surface area contributed by atoms with Crippen LogP contribution in [0.2, 0.25) is 5.02 Å². The van der Waals surface area contributed by atoms with E-state index in [0.29, 0.717) is 5.02 Å². The van der Waals surface area contributed by atoms with Crippen molar-refractivity contribution < 1.29 is 14.7 Å². The lowest BCUT2D eigenvalue weighted by atomic mass is 10.1. The van der Waals surface area contributed by atoms with Gasteiger partial charge in [-0.05, 0) is 30.0 Å². The lowest BCUT2D eigenvalue weighted by Gasteiger charge is -2.26. The van der Waals surface area contributed by atoms with Gasteiger partial charge >= 0.3 is 5.97 Å². The number of carboxylic acids is 1. The number of hydrogen-bond acceptors (Lipinski definition) is 2. The summed E-state index contributed by atoms with van der Waals surface area (Å²) in [7, 11) is 1.72. The fourth-order valence-electron chi connectivity index (χ4n) is 2.93. The van der Waals surface area contributed by atoms with Gasteiger partial charge in [0.25, 0.3) is 0 Å². The van der Waals surface area contributed by atoms with Gasteiger partial charge in [-0.1, -0.05) is 37.6 Å². The SMILES string of the molecule is CC(c1ccc(Cl)cc1)N(C)C(=O)[C@H]1[C@@H](C(=O)O)C1(C)C. The van der Waals surface area contributed by atoms with Crippen LogP contribution in [0.4, 0.5) is 0 Å². The highest BCUT2D eigenvalue weighted by molar-refractivity contribution is 6.30. The van der Waals surface area contributed by atoms with Crippen molar-refractivity contribution in [3.8, 4) is 0 Å². The number of benzene rings is 1. The Morgan fingerprint density at radius 3 is 2.19 bits per heavy atom. The summed E-state index contributed by atoms with van der Waals surface area (Å²) < 4.78 is 0. The van der Waals surface area contributed by atoms with Crippen LogP contribution < -0.4 is 0 Å². The van der Waals surface area contributed by atoms with E-state index in [0.717, 1.165) is 5.56 Å². The van der Waals surface area contributed by atoms with E-state index in [4.69, 9.17) is 11.6 Å². The van der Waals surface area contributed by atoms with Gasteiger partial charge in [-0.2, -0.15) is 0 Å². The van der Waals surface area contributed by atoms with E-state index in [9.17, 15) is 14.7 Å². The molecular weight excluding hydrogens is 290 g/mol. The third-order valence-corrected chi connectivity index (χ3v) is 4.89. The highest BCUT2D eigenvalue weighted by atomic mass is 35.5. The molecule has 21 heavy (non-hydrogen) atoms. The van der Waals surface area contributed by atoms with Crippen molar-refractivity contribution in [2.24, 2.45) is 17.3 Å². The lowest BCUT2D eigenvalue weighted by molar-refractivity contribution is -0.142. The number of carbonyl (C=O) groups excluding carboxylic acids is 1. The van der Waals surface area contributed by atoms with Gasteiger partial charge in [0.2, 0.25) is 5.91 Å². The molecule has 4 nitrogen and oxygen atoms in total. The predicted octanol–water partition coefficient (Wildman–Crippen LogP) is 3.22. The fourth-order valence-corrected chi connectivity index (χ4v) is 3.06. The maximum atomic E-state index is 12.6. The Hall–Kier alpha value is -1.55. The molecule has 1 unspecified atom stereocenters. The largest absolute Gasteiger partial charge is 0.481 e. The van der Waals surface area contributed by atoms with Crippen molar-refractivity contribution >= 4 is 23.5 Å². The number of aliphatic carboxylic acids is 1. The molecule has 1 aliphatic carbocycles. The molecule has 2 rings (SSSR count). The number of halogens is 1. The maximum Gasteiger partial charge on any atom is 0.307 e. The second-order valence-electron chi connectivity index (χ2n) is 6.29. The Morgan fingerprint density at radius 2 is 1.76 bits per heavy atom. The minimum atomic E-state index is -0.897. The minimum absolute atomic E-state index is 0.116. The van der Waals surface area contributed by atoms with Crippen LogP contribution in [0.25, 0.3) is 0 Å². The van der Waals surface area contributed by atoms with Gasteiger partial charge in [-0.15, -0.1) is 0 Å². The number of carbonyl (C=O) groups is 2. The van der Waals surface area contributed by atoms with E-state index < -0.39 is 23.2 Å². The number of nitrogens with zero attached hydrogens (tertiary/aromatic N) is 1. The van der Waals surface area contributed by atoms with Crippen molar-refractivity contribution in [3.05, 3.63) is 34.9 Å². The zero-order valence-electron chi connectivity index (χ0n) is 12.6. The molecule has 114 valence electrons. The first-order chi connectivity index (χ1) is 9.67. The molecule has 1 aromatic carbocycles. The van der Waals surface area contributed by atoms with Gasteiger partial charge in [-0.3, -0.25) is 9.59 Å². The molecule has 0 bridgehead atoms. The Labute approximate surface area is 129 Å². The summed E-state index contributed by atoms with van der Waals surface area (Å²) in [6.45, 7) is 5.58. The molecule has 1 amide bonds. The molecule has 0 spiro atoms. The number of hydrogen-bond donors (Lipinski definition) is 1. The molecule has 1 N–H and O–H groups in total. The van der Waals surface area contributed by atoms with E-state index in [2.05, 4.69) is 0 Å². The minimum Gasteiger partial charge on any atom is -0.481 e. The quantitative estimate of drug-likeness (QED) is 0.929. The summed E-state index contributed by atoms with van der Waals surface area (Å²) in [4.78, 5) is 25.4. The highest BCUT2D eigenvalue weighted by Gasteiger charge is 2.66. The molecule has 1 aliphatic rings. The molecule has 5 heteroatoms. The lowest BCUT2D eigenvalue weighted by Crippen LogP contribution is -2.32. The number of rotatable bonds is 4. The van der Waals surface area contributed by atoms with Gasteiger partial charge in [0, 0.05) is 12.1 Å². The Kier molecular flexibility index (Phi) is 4.02. The molecule has 0 heterocycles. The maximum absolute atomic E-state index is 12.6. The normalized spacial score (nSPS) is 24.2. The van der Waals surface area contributed by atoms with Crippen molar-refractivity contribution in [3.63, 3.8) is 0 Å². The van der Waals surface area contributed by atoms with Gasteiger partial charge in [-0.25, -0.2) is 0 Å². The van der Waals surface area contributed by atoms with Gasteiger partial charge in [0.05, 0.1) is 17.9 Å². The Bertz CT molecular complexity index is 567. The first kappa shape index (κ1) is 15.8. The topological polar surface area (TPSA) is 57.6 Å². The summed E-state index contributed by atoms with van der Waals surface area (Å²) in [6.07, 6.45) is 0. The summed E-state index contributed by atoms with van der Waals surface area (Å²) in [5.74, 6) is -2.06. The van der Waals surface area contributed by atoms with Crippen LogP contribution in [0.15, 0.2) is 24.3 Å². The van der Waals surface area contributed by atoms with Crippen LogP contribution in [0.1, 0.15) is 32.4 Å². The van der Waals surface area contributed by atoms with Crippen LogP contribution in [0.3, 0.4) is 0 Å². The van der Waals surface area contributed by atoms with Crippen molar-refractivity contribution in [2.45, 2.75) is 26.8 Å². The molecular formula is C16H20ClNO3. The van der Waals surface area contributed by atoms with Crippen molar-refractivity contribution in [1.82, 2.24) is 4.90 Å². The van der Waals surface area contributed by atoms with Crippen LogP contribution in [-0.4, -0.2) is 28.9 Å². The first-order valence-electron chi connectivity index (χ1n) is 6.93. The van der Waals surface area contributed by atoms with E-state index in [1.807, 2.05) is 32.9 Å². The molecule has 3 atom stereocenters. The summed E-state index contributed by atoms with van der Waals surface area (Å²) in [5, 5.41) is 9.84. The monoisotopic (exact) mass is 309 g/mol. The zero-order valence-corrected chi connectivity index (χ0v) is 13.4. The molecule has 1 fully saturated rings.